The summed E-state index contributed by atoms with van der Waals surface area (Å²) in [6.07, 6.45) is 2.77. The van der Waals surface area contributed by atoms with Crippen molar-refractivity contribution in [3.8, 4) is 11.6 Å². The minimum atomic E-state index is -0.625. The molecule has 0 atom stereocenters. The van der Waals surface area contributed by atoms with E-state index in [0.29, 0.717) is 22.0 Å². The zero-order valence-electron chi connectivity index (χ0n) is 14.5. The van der Waals surface area contributed by atoms with E-state index < -0.39 is 10.6 Å². The highest BCUT2D eigenvalue weighted by Gasteiger charge is 2.26. The second-order valence-corrected chi connectivity index (χ2v) is 6.66. The molecule has 0 bridgehead atoms. The third-order valence-corrected chi connectivity index (χ3v) is 4.51. The number of anilines is 2. The number of halogens is 2. The van der Waals surface area contributed by atoms with Gasteiger partial charge in [-0.05, 0) is 30.3 Å². The molecule has 1 N–H and O–H groups in total. The van der Waals surface area contributed by atoms with E-state index in [-0.39, 0.29) is 16.7 Å². The average Bonchev–Trinajstić information content (AvgIpc) is 2.70. The first kappa shape index (κ1) is 18.9. The van der Waals surface area contributed by atoms with Gasteiger partial charge < -0.3 is 10.1 Å². The van der Waals surface area contributed by atoms with Crippen molar-refractivity contribution < 1.29 is 9.66 Å². The summed E-state index contributed by atoms with van der Waals surface area (Å²) >= 11 is 12.0. The van der Waals surface area contributed by atoms with Gasteiger partial charge in [0.25, 0.3) is 0 Å². The van der Waals surface area contributed by atoms with Crippen LogP contribution in [0.1, 0.15) is 0 Å². The molecule has 0 aliphatic carbocycles. The maximum absolute atomic E-state index is 11.8. The van der Waals surface area contributed by atoms with Gasteiger partial charge in [-0.3, -0.25) is 15.1 Å². The third kappa shape index (κ3) is 3.89. The second kappa shape index (κ2) is 7.86. The zero-order valence-corrected chi connectivity index (χ0v) is 16.1. The van der Waals surface area contributed by atoms with Crippen molar-refractivity contribution in [3.63, 3.8) is 0 Å². The van der Waals surface area contributed by atoms with Crippen LogP contribution in [0.5, 0.6) is 11.6 Å². The lowest BCUT2D eigenvalue weighted by Crippen LogP contribution is -2.04. The monoisotopic (exact) mass is 427 g/mol. The van der Waals surface area contributed by atoms with Gasteiger partial charge in [0.05, 0.1) is 15.6 Å². The topological polar surface area (TPSA) is 103 Å². The van der Waals surface area contributed by atoms with E-state index in [2.05, 4.69) is 20.3 Å². The van der Waals surface area contributed by atoms with E-state index in [0.717, 1.165) is 11.7 Å². The minimum Gasteiger partial charge on any atom is -0.431 e. The summed E-state index contributed by atoms with van der Waals surface area (Å²) < 4.78 is 5.76. The van der Waals surface area contributed by atoms with Crippen molar-refractivity contribution in [3.05, 3.63) is 81.2 Å². The number of nitrogens with one attached hydrogen (secondary N) is 1. The summed E-state index contributed by atoms with van der Waals surface area (Å²) in [5.74, 6) is 0.0357. The molecule has 0 amide bonds. The summed E-state index contributed by atoms with van der Waals surface area (Å²) in [6, 6.07) is 13.6. The highest BCUT2D eigenvalue weighted by Crippen LogP contribution is 2.38. The van der Waals surface area contributed by atoms with Gasteiger partial charge in [-0.25, -0.2) is 4.98 Å². The standard InChI is InChI=1S/C19H11Cl2N5O3/c20-12-6-7-14(13(21)9-12)25-18-17(26(27)28)19(24-10-23-18)29-15-5-1-3-11-4-2-8-22-16(11)15/h1-10H,(H,23,24,25). The second-order valence-electron chi connectivity index (χ2n) is 5.82. The van der Waals surface area contributed by atoms with Crippen LogP contribution in [0.15, 0.2) is 61.1 Å². The van der Waals surface area contributed by atoms with E-state index in [1.807, 2.05) is 12.1 Å². The number of rotatable bonds is 5. The van der Waals surface area contributed by atoms with Crippen LogP contribution in [0, 0.1) is 10.1 Å². The normalized spacial score (nSPS) is 10.7. The molecule has 0 unspecified atom stereocenters. The number of para-hydroxylation sites is 1. The Morgan fingerprint density at radius 2 is 1.86 bits per heavy atom. The van der Waals surface area contributed by atoms with Gasteiger partial charge in [0, 0.05) is 16.6 Å². The summed E-state index contributed by atoms with van der Waals surface area (Å²) in [5.41, 5.74) is 0.514. The summed E-state index contributed by atoms with van der Waals surface area (Å²) in [6.45, 7) is 0. The summed E-state index contributed by atoms with van der Waals surface area (Å²) in [7, 11) is 0. The number of nitrogens with zero attached hydrogens (tertiary/aromatic N) is 4. The van der Waals surface area contributed by atoms with Gasteiger partial charge in [-0.15, -0.1) is 0 Å². The van der Waals surface area contributed by atoms with E-state index in [1.165, 1.54) is 6.07 Å². The van der Waals surface area contributed by atoms with Gasteiger partial charge in [-0.2, -0.15) is 4.98 Å². The molecule has 0 aliphatic rings. The van der Waals surface area contributed by atoms with Crippen LogP contribution < -0.4 is 10.1 Å². The lowest BCUT2D eigenvalue weighted by molar-refractivity contribution is -0.385. The Bertz CT molecular complexity index is 1230. The van der Waals surface area contributed by atoms with Gasteiger partial charge in [-0.1, -0.05) is 41.4 Å². The first-order valence-corrected chi connectivity index (χ1v) is 9.01. The Morgan fingerprint density at radius 3 is 2.66 bits per heavy atom. The smallest absolute Gasteiger partial charge is 0.373 e. The van der Waals surface area contributed by atoms with E-state index >= 15 is 0 Å². The number of nitro groups is 1. The molecular weight excluding hydrogens is 417 g/mol. The van der Waals surface area contributed by atoms with Gasteiger partial charge in [0.15, 0.2) is 5.75 Å². The van der Waals surface area contributed by atoms with Crippen LogP contribution in [0.4, 0.5) is 17.2 Å². The molecule has 29 heavy (non-hydrogen) atoms. The molecular formula is C19H11Cl2N5O3. The zero-order chi connectivity index (χ0) is 20.4. The fourth-order valence-electron chi connectivity index (χ4n) is 2.67. The molecule has 144 valence electrons. The van der Waals surface area contributed by atoms with Gasteiger partial charge >= 0.3 is 11.6 Å². The highest BCUT2D eigenvalue weighted by molar-refractivity contribution is 6.36. The molecule has 10 heteroatoms. The molecule has 0 saturated carbocycles. The van der Waals surface area contributed by atoms with Crippen LogP contribution >= 0.6 is 23.2 Å². The quantitative estimate of drug-likeness (QED) is 0.318. The molecule has 0 spiro atoms. The fourth-order valence-corrected chi connectivity index (χ4v) is 3.13. The fraction of sp³-hybridized carbons (Fsp3) is 0. The van der Waals surface area contributed by atoms with Crippen LogP contribution in [0.3, 0.4) is 0 Å². The molecule has 2 aromatic heterocycles. The Labute approximate surface area is 174 Å². The predicted octanol–water partition coefficient (Wildman–Crippen LogP) is 5.78. The number of pyridine rings is 1. The SMILES string of the molecule is O=[N+]([O-])c1c(Nc2ccc(Cl)cc2Cl)ncnc1Oc1cccc2cccnc12. The molecule has 0 aliphatic heterocycles. The van der Waals surface area contributed by atoms with Crippen molar-refractivity contribution in [1.82, 2.24) is 15.0 Å². The van der Waals surface area contributed by atoms with Crippen molar-refractivity contribution in [2.75, 3.05) is 5.32 Å². The van der Waals surface area contributed by atoms with Crippen molar-refractivity contribution in [1.29, 1.82) is 0 Å². The Morgan fingerprint density at radius 1 is 1.03 bits per heavy atom. The Kier molecular flexibility index (Phi) is 5.11. The van der Waals surface area contributed by atoms with Crippen LogP contribution in [-0.4, -0.2) is 19.9 Å². The molecule has 0 saturated heterocycles. The number of hydrogen-bond donors (Lipinski definition) is 1. The van der Waals surface area contributed by atoms with E-state index in [1.54, 1.807) is 36.5 Å². The number of fused-ring (bicyclic) bond motifs is 1. The van der Waals surface area contributed by atoms with Crippen LogP contribution in [0.2, 0.25) is 10.0 Å². The van der Waals surface area contributed by atoms with E-state index in [4.69, 9.17) is 27.9 Å². The van der Waals surface area contributed by atoms with Crippen molar-refractivity contribution >= 4 is 51.3 Å². The Balaban J connectivity index is 1.76. The maximum atomic E-state index is 11.8. The van der Waals surface area contributed by atoms with Gasteiger partial charge in [0.2, 0.25) is 5.82 Å². The van der Waals surface area contributed by atoms with Crippen molar-refractivity contribution in [2.24, 2.45) is 0 Å². The third-order valence-electron chi connectivity index (χ3n) is 3.96. The van der Waals surface area contributed by atoms with Crippen molar-refractivity contribution in [2.45, 2.75) is 0 Å². The van der Waals surface area contributed by atoms with Crippen LogP contribution in [-0.2, 0) is 0 Å². The average molecular weight is 428 g/mol. The molecule has 0 fully saturated rings. The summed E-state index contributed by atoms with van der Waals surface area (Å²) in [5, 5.41) is 16.1. The van der Waals surface area contributed by atoms with Crippen LogP contribution in [0.25, 0.3) is 10.9 Å². The molecule has 2 aromatic carbocycles. The molecule has 4 aromatic rings. The largest absolute Gasteiger partial charge is 0.431 e. The lowest BCUT2D eigenvalue weighted by atomic mass is 10.2. The molecule has 0 radical (unpaired) electrons. The van der Waals surface area contributed by atoms with Gasteiger partial charge in [0.1, 0.15) is 11.8 Å². The highest BCUT2D eigenvalue weighted by atomic mass is 35.5. The minimum absolute atomic E-state index is 0.0718. The number of hydrogen-bond acceptors (Lipinski definition) is 7. The number of aromatic nitrogens is 3. The van der Waals surface area contributed by atoms with E-state index in [9.17, 15) is 10.1 Å². The maximum Gasteiger partial charge on any atom is 0.373 e. The predicted molar refractivity (Wildman–Crippen MR) is 110 cm³/mol. The molecule has 2 heterocycles. The lowest BCUT2D eigenvalue weighted by Gasteiger charge is -2.11. The Hall–Kier alpha value is -3.49. The molecule has 8 nitrogen and oxygen atoms in total. The summed E-state index contributed by atoms with van der Waals surface area (Å²) in [4.78, 5) is 23.3. The number of benzene rings is 2. The number of ether oxygens (including phenoxy) is 1. The first-order valence-electron chi connectivity index (χ1n) is 8.26. The molecule has 4 rings (SSSR count). The first-order chi connectivity index (χ1) is 14.0.